The zero-order valence-corrected chi connectivity index (χ0v) is 20.2. The monoisotopic (exact) mass is 485 g/mol. The largest absolute Gasteiger partial charge is 0.488 e. The van der Waals surface area contributed by atoms with Crippen LogP contribution in [0.5, 0.6) is 17.2 Å². The van der Waals surface area contributed by atoms with E-state index in [0.29, 0.717) is 17.4 Å². The Morgan fingerprint density at radius 2 is 1.82 bits per heavy atom. The van der Waals surface area contributed by atoms with Crippen LogP contribution in [0.1, 0.15) is 26.5 Å². The quantitative estimate of drug-likeness (QED) is 0.500. The molecule has 0 aliphatic carbocycles. The molecule has 2 N–H and O–H groups in total. The Labute approximate surface area is 198 Å². The van der Waals surface area contributed by atoms with Crippen LogP contribution in [-0.2, 0) is 14.6 Å². The highest BCUT2D eigenvalue weighted by atomic mass is 32.2. The van der Waals surface area contributed by atoms with Gasteiger partial charge in [0.2, 0.25) is 5.90 Å². The molecule has 0 radical (unpaired) electrons. The van der Waals surface area contributed by atoms with Gasteiger partial charge in [0.25, 0.3) is 0 Å². The number of pyridine rings is 1. The summed E-state index contributed by atoms with van der Waals surface area (Å²) < 4.78 is 41.3. The van der Waals surface area contributed by atoms with Crippen LogP contribution in [0.4, 0.5) is 0 Å². The van der Waals surface area contributed by atoms with Crippen LogP contribution < -0.4 is 9.47 Å². The molecule has 2 aromatic heterocycles. The molecule has 1 aliphatic rings. The lowest BCUT2D eigenvalue weighted by Crippen LogP contribution is -2.16. The van der Waals surface area contributed by atoms with Crippen LogP contribution in [0.3, 0.4) is 0 Å². The molecule has 9 nitrogen and oxygen atoms in total. The maximum Gasteiger partial charge on any atom is 0.233 e. The van der Waals surface area contributed by atoms with Crippen molar-refractivity contribution in [2.45, 2.75) is 43.9 Å². The highest BCUT2D eigenvalue weighted by Gasteiger charge is 2.25. The summed E-state index contributed by atoms with van der Waals surface area (Å²) in [6.45, 7) is 5.57. The summed E-state index contributed by atoms with van der Waals surface area (Å²) in [6, 6.07) is 10.6. The highest BCUT2D eigenvalue weighted by Crippen LogP contribution is 2.33. The Morgan fingerprint density at radius 3 is 2.50 bits per heavy atom. The number of nitrogens with zero attached hydrogens (tertiary/aromatic N) is 2. The smallest absolute Gasteiger partial charge is 0.233 e. The second-order valence-corrected chi connectivity index (χ2v) is 10.3. The first kappa shape index (κ1) is 23.8. The number of aliphatic hydroxyl groups is 1. The fourth-order valence-electron chi connectivity index (χ4n) is 3.33. The molecule has 10 heteroatoms. The van der Waals surface area contributed by atoms with Gasteiger partial charge in [-0.2, -0.15) is 0 Å². The summed E-state index contributed by atoms with van der Waals surface area (Å²) in [4.78, 5) is 11.9. The first-order chi connectivity index (χ1) is 16.1. The molecule has 3 heterocycles. The van der Waals surface area contributed by atoms with E-state index in [1.165, 1.54) is 18.5 Å². The number of aromatic nitrogens is 2. The van der Waals surface area contributed by atoms with Gasteiger partial charge in [0, 0.05) is 35.8 Å². The Balaban J connectivity index is 1.68. The van der Waals surface area contributed by atoms with Crippen molar-refractivity contribution in [1.82, 2.24) is 9.97 Å². The minimum atomic E-state index is -3.43. The molecule has 1 aromatic carbocycles. The van der Waals surface area contributed by atoms with Crippen LogP contribution >= 0.6 is 0 Å². The molecule has 0 saturated heterocycles. The predicted molar refractivity (Wildman–Crippen MR) is 127 cm³/mol. The van der Waals surface area contributed by atoms with Crippen molar-refractivity contribution >= 4 is 15.7 Å². The molecular weight excluding hydrogens is 458 g/mol. The van der Waals surface area contributed by atoms with E-state index in [0.717, 1.165) is 23.2 Å². The summed E-state index contributed by atoms with van der Waals surface area (Å²) in [7, 11) is -3.43. The molecule has 3 aromatic rings. The highest BCUT2D eigenvalue weighted by molar-refractivity contribution is 7.90. The fourth-order valence-corrected chi connectivity index (χ4v) is 3.92. The van der Waals surface area contributed by atoms with Gasteiger partial charge in [-0.05, 0) is 45.0 Å². The Morgan fingerprint density at radius 1 is 1.09 bits per heavy atom. The average Bonchev–Trinajstić information content (AvgIpc) is 3.40. The van der Waals surface area contributed by atoms with Crippen LogP contribution in [-0.4, -0.2) is 60.5 Å². The Bertz CT molecular complexity index is 1320. The number of hydrogen-bond acceptors (Lipinski definition) is 8. The number of aliphatic hydroxyl groups excluding tert-OH is 1. The normalized spacial score (nSPS) is 18.8. The van der Waals surface area contributed by atoms with E-state index >= 15 is 0 Å². The van der Waals surface area contributed by atoms with Crippen LogP contribution in [0.15, 0.2) is 58.7 Å². The molecule has 3 atom stereocenters. The third-order valence-corrected chi connectivity index (χ3v) is 6.43. The molecule has 4 rings (SSSR count). The van der Waals surface area contributed by atoms with Crippen LogP contribution in [0.2, 0.25) is 0 Å². The van der Waals surface area contributed by atoms with Gasteiger partial charge >= 0.3 is 0 Å². The van der Waals surface area contributed by atoms with Crippen molar-refractivity contribution < 1.29 is 27.7 Å². The lowest BCUT2D eigenvalue weighted by molar-refractivity contribution is 0.129. The topological polar surface area (TPSA) is 123 Å². The summed E-state index contributed by atoms with van der Waals surface area (Å²) in [5.74, 6) is 1.73. The summed E-state index contributed by atoms with van der Waals surface area (Å²) in [5.41, 5.74) is 2.30. The van der Waals surface area contributed by atoms with Crippen LogP contribution in [0, 0.1) is 0 Å². The first-order valence-corrected chi connectivity index (χ1v) is 12.7. The van der Waals surface area contributed by atoms with Gasteiger partial charge in [0.15, 0.2) is 9.84 Å². The van der Waals surface area contributed by atoms with E-state index < -0.39 is 15.9 Å². The number of rotatable bonds is 8. The number of ether oxygens (including phenoxy) is 3. The second kappa shape index (κ2) is 9.47. The van der Waals surface area contributed by atoms with Gasteiger partial charge < -0.3 is 24.3 Å². The Hall–Kier alpha value is -3.37. The maximum atomic E-state index is 11.9. The van der Waals surface area contributed by atoms with Gasteiger partial charge in [0.1, 0.15) is 35.2 Å². The molecule has 0 bridgehead atoms. The standard InChI is InChI=1S/C24H27N3O6S/c1-14(13-28)31-18-7-17(22-5-6-23(27-22)24-26-15(2)16(3)32-24)8-19(9-18)33-20-10-21(12-25-11-20)34(4,29)30/h5-12,14-16,27-28H,13H2,1-4H3/t14-,15+,16-/m0/s1. The van der Waals surface area contributed by atoms with E-state index in [9.17, 15) is 13.5 Å². The third kappa shape index (κ3) is 5.40. The van der Waals surface area contributed by atoms with E-state index in [-0.39, 0.29) is 29.4 Å². The van der Waals surface area contributed by atoms with Crippen LogP contribution in [0.25, 0.3) is 11.3 Å². The molecule has 0 saturated carbocycles. The van der Waals surface area contributed by atoms with Gasteiger partial charge in [0.05, 0.1) is 23.7 Å². The van der Waals surface area contributed by atoms with Gasteiger partial charge in [-0.15, -0.1) is 0 Å². The number of nitrogens with one attached hydrogen (secondary N) is 1. The zero-order chi connectivity index (χ0) is 24.5. The number of sulfone groups is 1. The first-order valence-electron chi connectivity index (χ1n) is 10.8. The number of aromatic amines is 1. The maximum absolute atomic E-state index is 11.9. The fraction of sp³-hybridized carbons (Fsp3) is 0.333. The minimum Gasteiger partial charge on any atom is -0.488 e. The molecule has 0 amide bonds. The van der Waals surface area contributed by atoms with Crippen molar-refractivity contribution in [2.24, 2.45) is 4.99 Å². The molecule has 0 fully saturated rings. The average molecular weight is 486 g/mol. The number of benzene rings is 1. The van der Waals surface area contributed by atoms with E-state index in [4.69, 9.17) is 14.2 Å². The number of H-pyrrole nitrogens is 1. The van der Waals surface area contributed by atoms with E-state index in [1.54, 1.807) is 19.1 Å². The third-order valence-electron chi connectivity index (χ3n) is 5.35. The van der Waals surface area contributed by atoms with Gasteiger partial charge in [-0.3, -0.25) is 4.98 Å². The lowest BCUT2D eigenvalue weighted by Gasteiger charge is -2.15. The minimum absolute atomic E-state index is 0.00904. The summed E-state index contributed by atoms with van der Waals surface area (Å²) in [6.07, 6.45) is 3.39. The molecule has 0 unspecified atom stereocenters. The van der Waals surface area contributed by atoms with E-state index in [2.05, 4.69) is 15.0 Å². The molecular formula is C24H27N3O6S. The molecule has 34 heavy (non-hydrogen) atoms. The van der Waals surface area contributed by atoms with Crippen molar-refractivity contribution in [3.05, 3.63) is 54.5 Å². The summed E-state index contributed by atoms with van der Waals surface area (Å²) >= 11 is 0. The van der Waals surface area contributed by atoms with Crippen molar-refractivity contribution in [3.63, 3.8) is 0 Å². The zero-order valence-electron chi connectivity index (χ0n) is 19.3. The molecule has 0 spiro atoms. The van der Waals surface area contributed by atoms with E-state index in [1.807, 2.05) is 32.0 Å². The van der Waals surface area contributed by atoms with Crippen molar-refractivity contribution in [1.29, 1.82) is 0 Å². The predicted octanol–water partition coefficient (Wildman–Crippen LogP) is 3.59. The van der Waals surface area contributed by atoms with Gasteiger partial charge in [-0.25, -0.2) is 13.4 Å². The number of hydrogen-bond donors (Lipinski definition) is 2. The molecule has 180 valence electrons. The number of aliphatic imine (C=N–C) groups is 1. The molecule has 1 aliphatic heterocycles. The van der Waals surface area contributed by atoms with Crippen molar-refractivity contribution in [2.75, 3.05) is 12.9 Å². The second-order valence-electron chi connectivity index (χ2n) is 8.32. The van der Waals surface area contributed by atoms with Crippen molar-refractivity contribution in [3.8, 4) is 28.5 Å². The summed E-state index contributed by atoms with van der Waals surface area (Å²) in [5, 5.41) is 9.41. The van der Waals surface area contributed by atoms with Gasteiger partial charge in [-0.1, -0.05) is 0 Å². The lowest BCUT2D eigenvalue weighted by atomic mass is 10.1. The Kier molecular flexibility index (Phi) is 6.63. The SMILES string of the molecule is C[C@@H]1OC(c2ccc(-c3cc(Oc4cncc(S(C)(=O)=O)c4)cc(O[C@@H](C)CO)c3)[nH]2)=N[C@@H]1C.